The van der Waals surface area contributed by atoms with Crippen molar-refractivity contribution in [2.75, 3.05) is 5.32 Å². The van der Waals surface area contributed by atoms with Crippen LogP contribution in [-0.4, -0.2) is 28.0 Å². The van der Waals surface area contributed by atoms with Gasteiger partial charge >= 0.3 is 6.18 Å². The third-order valence-electron chi connectivity index (χ3n) is 4.14. The number of carbonyl (C=O) groups is 1. The predicted molar refractivity (Wildman–Crippen MR) is 86.0 cm³/mol. The topological polar surface area (TPSA) is 66.9 Å². The summed E-state index contributed by atoms with van der Waals surface area (Å²) in [5.41, 5.74) is -0.458. The molecule has 5 nitrogen and oxygen atoms in total. The van der Waals surface area contributed by atoms with Gasteiger partial charge in [0.05, 0.1) is 12.4 Å². The Labute approximate surface area is 142 Å². The Morgan fingerprint density at radius 1 is 1.04 bits per heavy atom. The molecule has 132 valence electrons. The lowest BCUT2D eigenvalue weighted by Crippen LogP contribution is -2.43. The summed E-state index contributed by atoms with van der Waals surface area (Å²) >= 11 is 0. The van der Waals surface area contributed by atoms with Crippen molar-refractivity contribution >= 4 is 11.7 Å². The van der Waals surface area contributed by atoms with Crippen LogP contribution >= 0.6 is 0 Å². The SMILES string of the molecule is O=C(N[C@H]1CCC[C@@H]1Nc1cnc(C(F)(F)F)cn1)c1ccccc1. The Morgan fingerprint density at radius 3 is 2.40 bits per heavy atom. The summed E-state index contributed by atoms with van der Waals surface area (Å²) in [6, 6.07) is 8.66. The summed E-state index contributed by atoms with van der Waals surface area (Å²) in [7, 11) is 0. The number of hydrogen-bond donors (Lipinski definition) is 2. The molecule has 1 heterocycles. The number of nitrogens with zero attached hydrogens (tertiary/aromatic N) is 2. The van der Waals surface area contributed by atoms with Crippen LogP contribution in [0.5, 0.6) is 0 Å². The van der Waals surface area contributed by atoms with Gasteiger partial charge in [0.15, 0.2) is 5.69 Å². The van der Waals surface area contributed by atoms with E-state index in [-0.39, 0.29) is 23.8 Å². The molecule has 0 spiro atoms. The molecule has 1 aromatic carbocycles. The molecule has 1 aliphatic rings. The molecule has 2 N–H and O–H groups in total. The van der Waals surface area contributed by atoms with Crippen molar-refractivity contribution in [2.45, 2.75) is 37.5 Å². The molecule has 0 radical (unpaired) electrons. The molecule has 0 saturated heterocycles. The van der Waals surface area contributed by atoms with Gasteiger partial charge in [0.1, 0.15) is 5.82 Å². The number of anilines is 1. The lowest BCUT2D eigenvalue weighted by atomic mass is 10.1. The zero-order chi connectivity index (χ0) is 17.9. The maximum Gasteiger partial charge on any atom is 0.434 e. The highest BCUT2D eigenvalue weighted by Crippen LogP contribution is 2.27. The molecular weight excluding hydrogens is 333 g/mol. The van der Waals surface area contributed by atoms with Crippen LogP contribution in [0.4, 0.5) is 19.0 Å². The van der Waals surface area contributed by atoms with Crippen LogP contribution in [0.1, 0.15) is 35.3 Å². The molecule has 0 unspecified atom stereocenters. The summed E-state index contributed by atoms with van der Waals surface area (Å²) in [6.45, 7) is 0. The number of benzene rings is 1. The van der Waals surface area contributed by atoms with Crippen LogP contribution < -0.4 is 10.6 Å². The zero-order valence-electron chi connectivity index (χ0n) is 13.3. The predicted octanol–water partition coefficient (Wildman–Crippen LogP) is 3.26. The second kappa shape index (κ2) is 7.08. The first-order chi connectivity index (χ1) is 11.9. The van der Waals surface area contributed by atoms with Crippen LogP contribution in [0, 0.1) is 0 Å². The van der Waals surface area contributed by atoms with Gasteiger partial charge in [-0.25, -0.2) is 9.97 Å². The van der Waals surface area contributed by atoms with E-state index in [1.54, 1.807) is 24.3 Å². The quantitative estimate of drug-likeness (QED) is 0.888. The van der Waals surface area contributed by atoms with E-state index in [0.717, 1.165) is 25.5 Å². The fourth-order valence-corrected chi connectivity index (χ4v) is 2.89. The number of amides is 1. The van der Waals surface area contributed by atoms with Gasteiger partial charge in [-0.3, -0.25) is 4.79 Å². The number of halogens is 3. The fourth-order valence-electron chi connectivity index (χ4n) is 2.89. The molecular formula is C17H17F3N4O. The van der Waals surface area contributed by atoms with Crippen molar-refractivity contribution in [3.05, 3.63) is 54.0 Å². The van der Waals surface area contributed by atoms with Crippen molar-refractivity contribution < 1.29 is 18.0 Å². The minimum absolute atomic E-state index is 0.0984. The molecule has 25 heavy (non-hydrogen) atoms. The minimum Gasteiger partial charge on any atom is -0.364 e. The van der Waals surface area contributed by atoms with E-state index >= 15 is 0 Å². The Morgan fingerprint density at radius 2 is 1.76 bits per heavy atom. The normalized spacial score (nSPS) is 20.3. The van der Waals surface area contributed by atoms with Crippen LogP contribution in [0.3, 0.4) is 0 Å². The average molecular weight is 350 g/mol. The van der Waals surface area contributed by atoms with Gasteiger partial charge in [-0.05, 0) is 31.4 Å². The van der Waals surface area contributed by atoms with Crippen LogP contribution in [0.25, 0.3) is 0 Å². The second-order valence-corrected chi connectivity index (χ2v) is 5.91. The summed E-state index contributed by atoms with van der Waals surface area (Å²) in [6.07, 6.45) is -0.241. The number of aromatic nitrogens is 2. The average Bonchev–Trinajstić information content (AvgIpc) is 3.02. The Bertz CT molecular complexity index is 719. The van der Waals surface area contributed by atoms with E-state index in [9.17, 15) is 18.0 Å². The number of rotatable bonds is 4. The molecule has 1 saturated carbocycles. The monoisotopic (exact) mass is 350 g/mol. The molecule has 1 fully saturated rings. The number of carbonyl (C=O) groups excluding carboxylic acids is 1. The van der Waals surface area contributed by atoms with E-state index < -0.39 is 11.9 Å². The molecule has 1 aromatic heterocycles. The number of nitrogens with one attached hydrogen (secondary N) is 2. The maximum absolute atomic E-state index is 12.5. The van der Waals surface area contributed by atoms with Crippen LogP contribution in [-0.2, 0) is 6.18 Å². The number of hydrogen-bond acceptors (Lipinski definition) is 4. The van der Waals surface area contributed by atoms with E-state index in [1.807, 2.05) is 6.07 Å². The third kappa shape index (κ3) is 4.26. The van der Waals surface area contributed by atoms with E-state index in [2.05, 4.69) is 20.6 Å². The Kier molecular flexibility index (Phi) is 4.87. The van der Waals surface area contributed by atoms with E-state index in [1.165, 1.54) is 0 Å². The summed E-state index contributed by atoms with van der Waals surface area (Å²) in [5, 5.41) is 6.04. The maximum atomic E-state index is 12.5. The molecule has 1 amide bonds. The highest BCUT2D eigenvalue weighted by Gasteiger charge is 2.33. The van der Waals surface area contributed by atoms with E-state index in [0.29, 0.717) is 11.8 Å². The van der Waals surface area contributed by atoms with Crippen LogP contribution in [0.15, 0.2) is 42.7 Å². The first-order valence-corrected chi connectivity index (χ1v) is 7.95. The van der Waals surface area contributed by atoms with Gasteiger partial charge in [-0.15, -0.1) is 0 Å². The highest BCUT2D eigenvalue weighted by atomic mass is 19.4. The molecule has 2 atom stereocenters. The summed E-state index contributed by atoms with van der Waals surface area (Å²) in [5.74, 6) is 0.0941. The van der Waals surface area contributed by atoms with Gasteiger partial charge in [0.2, 0.25) is 0 Å². The van der Waals surface area contributed by atoms with Crippen molar-refractivity contribution in [3.63, 3.8) is 0 Å². The molecule has 0 aliphatic heterocycles. The fraction of sp³-hybridized carbons (Fsp3) is 0.353. The largest absolute Gasteiger partial charge is 0.434 e. The Balaban J connectivity index is 1.63. The summed E-state index contributed by atoms with van der Waals surface area (Å²) in [4.78, 5) is 19.4. The first kappa shape index (κ1) is 17.2. The second-order valence-electron chi connectivity index (χ2n) is 5.91. The molecule has 3 rings (SSSR count). The third-order valence-corrected chi connectivity index (χ3v) is 4.14. The van der Waals surface area contributed by atoms with Gasteiger partial charge < -0.3 is 10.6 Å². The lowest BCUT2D eigenvalue weighted by Gasteiger charge is -2.22. The minimum atomic E-state index is -4.51. The van der Waals surface area contributed by atoms with E-state index in [4.69, 9.17) is 0 Å². The molecule has 1 aliphatic carbocycles. The highest BCUT2D eigenvalue weighted by molar-refractivity contribution is 5.94. The molecule has 0 bridgehead atoms. The van der Waals surface area contributed by atoms with Gasteiger partial charge in [0.25, 0.3) is 5.91 Å². The van der Waals surface area contributed by atoms with Crippen molar-refractivity contribution in [2.24, 2.45) is 0 Å². The summed E-state index contributed by atoms with van der Waals surface area (Å²) < 4.78 is 37.6. The van der Waals surface area contributed by atoms with Gasteiger partial charge in [0, 0.05) is 17.6 Å². The lowest BCUT2D eigenvalue weighted by molar-refractivity contribution is -0.141. The Hall–Kier alpha value is -2.64. The van der Waals surface area contributed by atoms with Crippen molar-refractivity contribution in [1.82, 2.24) is 15.3 Å². The van der Waals surface area contributed by atoms with Gasteiger partial charge in [-0.2, -0.15) is 13.2 Å². The van der Waals surface area contributed by atoms with Crippen molar-refractivity contribution in [1.29, 1.82) is 0 Å². The van der Waals surface area contributed by atoms with Gasteiger partial charge in [-0.1, -0.05) is 18.2 Å². The first-order valence-electron chi connectivity index (χ1n) is 7.95. The standard InChI is InChI=1S/C17H17F3N4O/c18-17(19,20)14-9-22-15(10-21-14)23-12-7-4-8-13(12)24-16(25)11-5-2-1-3-6-11/h1-3,5-6,9-10,12-13H,4,7-8H2,(H,22,23)(H,24,25)/t12-,13-/m0/s1. The van der Waals surface area contributed by atoms with Crippen LogP contribution in [0.2, 0.25) is 0 Å². The molecule has 2 aromatic rings. The van der Waals surface area contributed by atoms with Crippen molar-refractivity contribution in [3.8, 4) is 0 Å². The number of alkyl halides is 3. The molecule has 8 heteroatoms. The zero-order valence-corrected chi connectivity index (χ0v) is 13.3. The smallest absolute Gasteiger partial charge is 0.364 e.